The average molecular weight is 290 g/mol. The zero-order chi connectivity index (χ0) is 14.4. The molecule has 0 radical (unpaired) electrons. The van der Waals surface area contributed by atoms with E-state index in [2.05, 4.69) is 5.32 Å². The third kappa shape index (κ3) is 4.45. The Morgan fingerprint density at radius 1 is 1.42 bits per heavy atom. The molecule has 0 unspecified atom stereocenters. The molecule has 0 bridgehead atoms. The number of carbonyl (C=O) groups is 1. The van der Waals surface area contributed by atoms with Gasteiger partial charge in [0.05, 0.1) is 18.0 Å². The van der Waals surface area contributed by atoms with Gasteiger partial charge < -0.3 is 14.8 Å². The number of hydrogen-bond acceptors (Lipinski definition) is 3. The van der Waals surface area contributed by atoms with Crippen molar-refractivity contribution in [1.82, 2.24) is 5.32 Å². The largest absolute Gasteiger partial charge is 0.354 e. The molecule has 0 aliphatic rings. The smallest absolute Gasteiger partial charge is 0.224 e. The first-order valence-corrected chi connectivity index (χ1v) is 6.13. The molecule has 0 heterocycles. The van der Waals surface area contributed by atoms with Crippen LogP contribution in [0.15, 0.2) is 12.1 Å². The van der Waals surface area contributed by atoms with Gasteiger partial charge >= 0.3 is 0 Å². The van der Waals surface area contributed by atoms with Crippen molar-refractivity contribution in [3.8, 4) is 0 Å². The number of benzene rings is 1. The molecule has 106 valence electrons. The Bertz CT molecular complexity index is 450. The van der Waals surface area contributed by atoms with Crippen LogP contribution in [0, 0.1) is 12.7 Å². The number of ether oxygens (including phenoxy) is 2. The van der Waals surface area contributed by atoms with Gasteiger partial charge in [0.1, 0.15) is 5.82 Å². The SMILES string of the molecule is COC(CNC(=O)Cc1ccc(Cl)c(F)c1C)OC. The number of nitrogens with one attached hydrogen (secondary N) is 1. The van der Waals surface area contributed by atoms with E-state index in [1.165, 1.54) is 20.3 Å². The summed E-state index contributed by atoms with van der Waals surface area (Å²) in [6.45, 7) is 1.83. The van der Waals surface area contributed by atoms with Gasteiger partial charge in [-0.05, 0) is 24.1 Å². The molecule has 1 amide bonds. The molecule has 19 heavy (non-hydrogen) atoms. The second kappa shape index (κ2) is 7.43. The van der Waals surface area contributed by atoms with Crippen molar-refractivity contribution in [3.63, 3.8) is 0 Å². The summed E-state index contributed by atoms with van der Waals surface area (Å²) in [5.74, 6) is -0.720. The van der Waals surface area contributed by atoms with Crippen molar-refractivity contribution in [1.29, 1.82) is 0 Å². The maximum absolute atomic E-state index is 13.6. The van der Waals surface area contributed by atoms with E-state index in [0.29, 0.717) is 11.1 Å². The van der Waals surface area contributed by atoms with E-state index in [0.717, 1.165) is 0 Å². The molecule has 1 rings (SSSR count). The fourth-order valence-electron chi connectivity index (χ4n) is 1.58. The number of methoxy groups -OCH3 is 2. The maximum Gasteiger partial charge on any atom is 0.224 e. The monoisotopic (exact) mass is 289 g/mol. The lowest BCUT2D eigenvalue weighted by Gasteiger charge is -2.14. The highest BCUT2D eigenvalue weighted by Gasteiger charge is 2.13. The third-order valence-corrected chi connectivity index (χ3v) is 3.09. The van der Waals surface area contributed by atoms with Gasteiger partial charge in [0.2, 0.25) is 5.91 Å². The maximum atomic E-state index is 13.6. The first-order valence-electron chi connectivity index (χ1n) is 5.75. The van der Waals surface area contributed by atoms with Gasteiger partial charge in [-0.1, -0.05) is 17.7 Å². The molecule has 0 saturated carbocycles. The highest BCUT2D eigenvalue weighted by atomic mass is 35.5. The molecule has 0 aliphatic heterocycles. The highest BCUT2D eigenvalue weighted by molar-refractivity contribution is 6.30. The summed E-state index contributed by atoms with van der Waals surface area (Å²) in [5.41, 5.74) is 0.989. The Labute approximate surface area is 116 Å². The number of halogens is 2. The highest BCUT2D eigenvalue weighted by Crippen LogP contribution is 2.21. The molecule has 0 fully saturated rings. The zero-order valence-corrected chi connectivity index (χ0v) is 11.9. The molecule has 0 spiro atoms. The first-order chi connectivity index (χ1) is 8.99. The molecule has 0 aliphatic carbocycles. The van der Waals surface area contributed by atoms with E-state index in [1.807, 2.05) is 0 Å². The van der Waals surface area contributed by atoms with Crippen molar-refractivity contribution >= 4 is 17.5 Å². The summed E-state index contributed by atoms with van der Waals surface area (Å²) in [4.78, 5) is 11.7. The molecule has 1 N–H and O–H groups in total. The van der Waals surface area contributed by atoms with Crippen LogP contribution in [-0.2, 0) is 20.7 Å². The number of carbonyl (C=O) groups excluding carboxylic acids is 1. The average Bonchev–Trinajstić information content (AvgIpc) is 2.40. The standard InChI is InChI=1S/C13H17ClFNO3/c1-8-9(4-5-10(14)13(8)15)6-11(17)16-7-12(18-2)19-3/h4-5,12H,6-7H2,1-3H3,(H,16,17). The molecule has 1 aromatic rings. The third-order valence-electron chi connectivity index (χ3n) is 2.79. The molecular weight excluding hydrogens is 273 g/mol. The van der Waals surface area contributed by atoms with E-state index in [-0.39, 0.29) is 23.9 Å². The second-order valence-electron chi connectivity index (χ2n) is 4.03. The second-order valence-corrected chi connectivity index (χ2v) is 4.43. The number of hydrogen-bond donors (Lipinski definition) is 1. The van der Waals surface area contributed by atoms with Gasteiger partial charge in [0.25, 0.3) is 0 Å². The van der Waals surface area contributed by atoms with Crippen molar-refractivity contribution < 1.29 is 18.7 Å². The predicted molar refractivity (Wildman–Crippen MR) is 70.7 cm³/mol. The van der Waals surface area contributed by atoms with E-state index < -0.39 is 12.1 Å². The van der Waals surface area contributed by atoms with Crippen LogP contribution in [0.2, 0.25) is 5.02 Å². The summed E-state index contributed by atoms with van der Waals surface area (Å²) in [6.07, 6.45) is -0.410. The fraction of sp³-hybridized carbons (Fsp3) is 0.462. The van der Waals surface area contributed by atoms with Gasteiger partial charge in [0, 0.05) is 14.2 Å². The Hall–Kier alpha value is -1.17. The molecule has 0 saturated heterocycles. The van der Waals surface area contributed by atoms with Crippen molar-refractivity contribution in [2.45, 2.75) is 19.6 Å². The van der Waals surface area contributed by atoms with Crippen LogP contribution in [-0.4, -0.2) is 33.0 Å². The molecule has 1 aromatic carbocycles. The van der Waals surface area contributed by atoms with Crippen LogP contribution in [0.3, 0.4) is 0 Å². The first kappa shape index (κ1) is 15.9. The molecule has 0 aromatic heterocycles. The lowest BCUT2D eigenvalue weighted by atomic mass is 10.0. The van der Waals surface area contributed by atoms with Gasteiger partial charge in [-0.15, -0.1) is 0 Å². The van der Waals surface area contributed by atoms with Crippen LogP contribution in [0.1, 0.15) is 11.1 Å². The lowest BCUT2D eigenvalue weighted by molar-refractivity contribution is -0.126. The van der Waals surface area contributed by atoms with E-state index >= 15 is 0 Å². The Kier molecular flexibility index (Phi) is 6.21. The van der Waals surface area contributed by atoms with Crippen molar-refractivity contribution in [3.05, 3.63) is 34.1 Å². The van der Waals surface area contributed by atoms with E-state index in [4.69, 9.17) is 21.1 Å². The molecule has 0 atom stereocenters. The zero-order valence-electron chi connectivity index (χ0n) is 11.1. The minimum atomic E-state index is -0.494. The van der Waals surface area contributed by atoms with Crippen LogP contribution in [0.25, 0.3) is 0 Å². The lowest BCUT2D eigenvalue weighted by Crippen LogP contribution is -2.35. The van der Waals surface area contributed by atoms with Gasteiger partial charge in [-0.2, -0.15) is 0 Å². The van der Waals surface area contributed by atoms with Gasteiger partial charge in [-0.25, -0.2) is 4.39 Å². The molecule has 6 heteroatoms. The van der Waals surface area contributed by atoms with Crippen LogP contribution in [0.5, 0.6) is 0 Å². The quantitative estimate of drug-likeness (QED) is 0.816. The topological polar surface area (TPSA) is 47.6 Å². The Morgan fingerprint density at radius 2 is 2.05 bits per heavy atom. The minimum absolute atomic E-state index is 0.0560. The van der Waals surface area contributed by atoms with Gasteiger partial charge in [-0.3, -0.25) is 4.79 Å². The number of rotatable bonds is 6. The van der Waals surface area contributed by atoms with Crippen LogP contribution >= 0.6 is 11.6 Å². The van der Waals surface area contributed by atoms with E-state index in [1.54, 1.807) is 13.0 Å². The van der Waals surface area contributed by atoms with Crippen molar-refractivity contribution in [2.75, 3.05) is 20.8 Å². The summed E-state index contributed by atoms with van der Waals surface area (Å²) < 4.78 is 23.4. The summed E-state index contributed by atoms with van der Waals surface area (Å²) in [7, 11) is 2.97. The van der Waals surface area contributed by atoms with Crippen LogP contribution < -0.4 is 5.32 Å². The fourth-order valence-corrected chi connectivity index (χ4v) is 1.78. The summed E-state index contributed by atoms with van der Waals surface area (Å²) in [6, 6.07) is 3.09. The van der Waals surface area contributed by atoms with Gasteiger partial charge in [0.15, 0.2) is 6.29 Å². The van der Waals surface area contributed by atoms with Crippen LogP contribution in [0.4, 0.5) is 4.39 Å². The Balaban J connectivity index is 2.60. The number of amides is 1. The van der Waals surface area contributed by atoms with Crippen molar-refractivity contribution in [2.24, 2.45) is 0 Å². The predicted octanol–water partition coefficient (Wildman–Crippen LogP) is 2.07. The molecule has 4 nitrogen and oxygen atoms in total. The van der Waals surface area contributed by atoms with E-state index in [9.17, 15) is 9.18 Å². The minimum Gasteiger partial charge on any atom is -0.354 e. The Morgan fingerprint density at radius 3 is 2.63 bits per heavy atom. The molecular formula is C13H17ClFNO3. The summed E-state index contributed by atoms with van der Waals surface area (Å²) >= 11 is 5.65. The normalized spacial score (nSPS) is 10.8. The summed E-state index contributed by atoms with van der Waals surface area (Å²) in [5, 5.41) is 2.71.